The van der Waals surface area contributed by atoms with Crippen LogP contribution in [-0.4, -0.2) is 31.0 Å². The normalized spacial score (nSPS) is 25.1. The summed E-state index contributed by atoms with van der Waals surface area (Å²) >= 11 is 3.39. The summed E-state index contributed by atoms with van der Waals surface area (Å²) in [5.74, 6) is 0.510. The van der Waals surface area contributed by atoms with E-state index in [2.05, 4.69) is 20.9 Å². The van der Waals surface area contributed by atoms with E-state index in [1.807, 2.05) is 13.0 Å². The molecule has 2 unspecified atom stereocenters. The summed E-state index contributed by atoms with van der Waals surface area (Å²) < 4.78 is 25.9. The first-order valence-corrected chi connectivity index (χ1v) is 6.90. The smallest absolute Gasteiger partial charge is 0.217 e. The second-order valence-electron chi connectivity index (χ2n) is 4.51. The molecule has 2 heterocycles. The number of hydrogen-bond acceptors (Lipinski definition) is 3. The van der Waals surface area contributed by atoms with Crippen molar-refractivity contribution < 1.29 is 13.9 Å². The molecule has 100 valence electrons. The van der Waals surface area contributed by atoms with Gasteiger partial charge in [0, 0.05) is 22.8 Å². The van der Waals surface area contributed by atoms with Crippen molar-refractivity contribution >= 4 is 15.9 Å². The lowest BCUT2D eigenvalue weighted by Gasteiger charge is -2.30. The van der Waals surface area contributed by atoms with Crippen LogP contribution in [0.5, 0.6) is 5.88 Å². The number of rotatable bonds is 4. The van der Waals surface area contributed by atoms with Gasteiger partial charge in [-0.15, -0.1) is 0 Å². The third-order valence-corrected chi connectivity index (χ3v) is 3.88. The van der Waals surface area contributed by atoms with E-state index in [0.717, 1.165) is 10.0 Å². The predicted molar refractivity (Wildman–Crippen MR) is 70.8 cm³/mol. The standard InChI is InChI=1S/C13H17BrFNO2/c1-3-18-12-11(6-10(14)7-16-12)13(9(2)15)4-5-17-8-13/h6-7,9H,3-5,8H2,1-2H3. The minimum Gasteiger partial charge on any atom is -0.478 e. The Balaban J connectivity index is 2.49. The zero-order chi connectivity index (χ0) is 13.2. The molecule has 5 heteroatoms. The number of nitrogens with zero attached hydrogens (tertiary/aromatic N) is 1. The molecule has 2 rings (SSSR count). The highest BCUT2D eigenvalue weighted by Gasteiger charge is 2.44. The second-order valence-corrected chi connectivity index (χ2v) is 5.43. The molecular formula is C13H17BrFNO2. The van der Waals surface area contributed by atoms with Crippen molar-refractivity contribution in [2.24, 2.45) is 0 Å². The number of halogens is 2. The Hall–Kier alpha value is -0.680. The van der Waals surface area contributed by atoms with Crippen LogP contribution in [-0.2, 0) is 10.2 Å². The highest BCUT2D eigenvalue weighted by Crippen LogP contribution is 2.42. The summed E-state index contributed by atoms with van der Waals surface area (Å²) in [5, 5.41) is 0. The molecule has 1 saturated heterocycles. The lowest BCUT2D eigenvalue weighted by atomic mass is 9.76. The Kier molecular flexibility index (Phi) is 4.22. The molecule has 1 fully saturated rings. The number of ether oxygens (including phenoxy) is 2. The first kappa shape index (κ1) is 13.7. The fraction of sp³-hybridized carbons (Fsp3) is 0.615. The zero-order valence-corrected chi connectivity index (χ0v) is 12.2. The van der Waals surface area contributed by atoms with Gasteiger partial charge in [0.05, 0.1) is 18.6 Å². The highest BCUT2D eigenvalue weighted by molar-refractivity contribution is 9.10. The number of pyridine rings is 1. The van der Waals surface area contributed by atoms with Crippen molar-refractivity contribution in [1.29, 1.82) is 0 Å². The third-order valence-electron chi connectivity index (χ3n) is 3.45. The van der Waals surface area contributed by atoms with Crippen LogP contribution in [0.25, 0.3) is 0 Å². The maximum atomic E-state index is 14.1. The molecule has 1 aromatic heterocycles. The molecule has 18 heavy (non-hydrogen) atoms. The van der Waals surface area contributed by atoms with Gasteiger partial charge in [0.25, 0.3) is 0 Å². The van der Waals surface area contributed by atoms with E-state index in [4.69, 9.17) is 9.47 Å². The Morgan fingerprint density at radius 1 is 1.67 bits per heavy atom. The Morgan fingerprint density at radius 2 is 2.44 bits per heavy atom. The van der Waals surface area contributed by atoms with Crippen LogP contribution in [0.1, 0.15) is 25.8 Å². The minimum atomic E-state index is -1.00. The van der Waals surface area contributed by atoms with E-state index < -0.39 is 11.6 Å². The fourth-order valence-electron chi connectivity index (χ4n) is 2.36. The van der Waals surface area contributed by atoms with Crippen LogP contribution in [0, 0.1) is 0 Å². The molecule has 0 spiro atoms. The Morgan fingerprint density at radius 3 is 3.00 bits per heavy atom. The van der Waals surface area contributed by atoms with Crippen molar-refractivity contribution in [1.82, 2.24) is 4.98 Å². The maximum absolute atomic E-state index is 14.1. The van der Waals surface area contributed by atoms with Gasteiger partial charge < -0.3 is 9.47 Å². The largest absolute Gasteiger partial charge is 0.478 e. The van der Waals surface area contributed by atoms with Gasteiger partial charge in [0.2, 0.25) is 5.88 Å². The van der Waals surface area contributed by atoms with E-state index in [1.165, 1.54) is 0 Å². The van der Waals surface area contributed by atoms with E-state index >= 15 is 0 Å². The average Bonchev–Trinajstić information content (AvgIpc) is 2.82. The predicted octanol–water partition coefficient (Wildman–Crippen LogP) is 3.26. The molecular weight excluding hydrogens is 301 g/mol. The molecule has 0 bridgehead atoms. The van der Waals surface area contributed by atoms with Crippen LogP contribution < -0.4 is 4.74 Å². The number of hydrogen-bond donors (Lipinski definition) is 0. The van der Waals surface area contributed by atoms with Crippen molar-refractivity contribution in [3.05, 3.63) is 22.3 Å². The first-order chi connectivity index (χ1) is 8.60. The topological polar surface area (TPSA) is 31.4 Å². The Labute approximate surface area is 115 Å². The van der Waals surface area contributed by atoms with Crippen LogP contribution in [0.15, 0.2) is 16.7 Å². The lowest BCUT2D eigenvalue weighted by Crippen LogP contribution is -2.36. The van der Waals surface area contributed by atoms with Crippen LogP contribution in [0.2, 0.25) is 0 Å². The second kappa shape index (κ2) is 5.53. The van der Waals surface area contributed by atoms with Gasteiger partial charge in [-0.3, -0.25) is 0 Å². The van der Waals surface area contributed by atoms with Crippen LogP contribution >= 0.6 is 15.9 Å². The summed E-state index contributed by atoms with van der Waals surface area (Å²) in [6.07, 6.45) is 1.32. The molecule has 0 aromatic carbocycles. The van der Waals surface area contributed by atoms with Crippen molar-refractivity contribution in [2.75, 3.05) is 19.8 Å². The summed E-state index contributed by atoms with van der Waals surface area (Å²) in [7, 11) is 0. The summed E-state index contributed by atoms with van der Waals surface area (Å²) in [4.78, 5) is 4.25. The molecule has 1 aliphatic heterocycles. The quantitative estimate of drug-likeness (QED) is 0.854. The van der Waals surface area contributed by atoms with Crippen molar-refractivity contribution in [3.63, 3.8) is 0 Å². The van der Waals surface area contributed by atoms with E-state index in [1.54, 1.807) is 13.1 Å². The molecule has 0 N–H and O–H groups in total. The Bertz CT molecular complexity index is 419. The molecule has 1 aromatic rings. The highest BCUT2D eigenvalue weighted by atomic mass is 79.9. The van der Waals surface area contributed by atoms with Gasteiger partial charge in [0.1, 0.15) is 6.17 Å². The van der Waals surface area contributed by atoms with Gasteiger partial charge in [-0.05, 0) is 42.3 Å². The van der Waals surface area contributed by atoms with Crippen LogP contribution in [0.4, 0.5) is 4.39 Å². The molecule has 0 saturated carbocycles. The SMILES string of the molecule is CCOc1ncc(Br)cc1C1(C(C)F)CCOC1. The van der Waals surface area contributed by atoms with E-state index in [9.17, 15) is 4.39 Å². The molecule has 2 atom stereocenters. The van der Waals surface area contributed by atoms with Gasteiger partial charge >= 0.3 is 0 Å². The van der Waals surface area contributed by atoms with Gasteiger partial charge in [-0.25, -0.2) is 9.37 Å². The van der Waals surface area contributed by atoms with Crippen molar-refractivity contribution in [2.45, 2.75) is 31.9 Å². The summed E-state index contributed by atoms with van der Waals surface area (Å²) in [6.45, 7) is 4.93. The lowest BCUT2D eigenvalue weighted by molar-refractivity contribution is 0.136. The van der Waals surface area contributed by atoms with Crippen LogP contribution in [0.3, 0.4) is 0 Å². The number of aromatic nitrogens is 1. The van der Waals surface area contributed by atoms with Gasteiger partial charge in [-0.2, -0.15) is 0 Å². The minimum absolute atomic E-state index is 0.378. The van der Waals surface area contributed by atoms with Gasteiger partial charge in [-0.1, -0.05) is 0 Å². The molecule has 0 radical (unpaired) electrons. The summed E-state index contributed by atoms with van der Waals surface area (Å²) in [6, 6.07) is 1.89. The van der Waals surface area contributed by atoms with Gasteiger partial charge in [0.15, 0.2) is 0 Å². The maximum Gasteiger partial charge on any atom is 0.217 e. The first-order valence-electron chi connectivity index (χ1n) is 6.11. The molecule has 3 nitrogen and oxygen atoms in total. The fourth-order valence-corrected chi connectivity index (χ4v) is 2.69. The van der Waals surface area contributed by atoms with E-state index in [0.29, 0.717) is 32.1 Å². The van der Waals surface area contributed by atoms with Crippen molar-refractivity contribution in [3.8, 4) is 5.88 Å². The molecule has 0 aliphatic carbocycles. The third kappa shape index (κ3) is 2.38. The monoisotopic (exact) mass is 317 g/mol. The molecule has 1 aliphatic rings. The average molecular weight is 318 g/mol. The summed E-state index contributed by atoms with van der Waals surface area (Å²) in [5.41, 5.74) is 0.160. The van der Waals surface area contributed by atoms with E-state index in [-0.39, 0.29) is 0 Å². The molecule has 0 amide bonds. The number of alkyl halides is 1. The zero-order valence-electron chi connectivity index (χ0n) is 10.6.